The zero-order valence-electron chi connectivity index (χ0n) is 12.0. The summed E-state index contributed by atoms with van der Waals surface area (Å²) in [5.74, 6) is 0.286. The van der Waals surface area contributed by atoms with Crippen molar-refractivity contribution in [1.82, 2.24) is 4.72 Å². The second kappa shape index (κ2) is 7.00. The Labute approximate surface area is 143 Å². The van der Waals surface area contributed by atoms with Gasteiger partial charge in [-0.25, -0.2) is 13.1 Å². The van der Waals surface area contributed by atoms with Crippen molar-refractivity contribution in [2.45, 2.75) is 17.9 Å². The smallest absolute Gasteiger partial charge is 0.244 e. The molecule has 0 aliphatic heterocycles. The lowest BCUT2D eigenvalue weighted by atomic mass is 10.1. The van der Waals surface area contributed by atoms with Crippen molar-refractivity contribution in [3.63, 3.8) is 0 Å². The first-order valence-electron chi connectivity index (χ1n) is 6.45. The minimum Gasteiger partial charge on any atom is -0.495 e. The Hall–Kier alpha value is -1.08. The van der Waals surface area contributed by atoms with Crippen LogP contribution in [0.2, 0.25) is 5.02 Å². The standard InChI is InChI=1S/C15H15BrClNO3S/c1-10(11-4-3-5-13(17)8-11)18-22(19,20)15-9-12(16)6-7-14(15)21-2/h3-10,18H,1-2H3. The number of rotatable bonds is 5. The first-order valence-corrected chi connectivity index (χ1v) is 9.10. The first-order chi connectivity index (χ1) is 10.3. The highest BCUT2D eigenvalue weighted by molar-refractivity contribution is 9.10. The largest absolute Gasteiger partial charge is 0.495 e. The van der Waals surface area contributed by atoms with Crippen LogP contribution in [0.15, 0.2) is 51.8 Å². The molecule has 0 heterocycles. The Morgan fingerprint density at radius 3 is 2.59 bits per heavy atom. The lowest BCUT2D eigenvalue weighted by Gasteiger charge is -2.16. The Morgan fingerprint density at radius 2 is 1.95 bits per heavy atom. The van der Waals surface area contributed by atoms with Gasteiger partial charge in [-0.05, 0) is 42.8 Å². The van der Waals surface area contributed by atoms with Crippen molar-refractivity contribution < 1.29 is 13.2 Å². The number of hydrogen-bond acceptors (Lipinski definition) is 3. The molecule has 1 N–H and O–H groups in total. The van der Waals surface area contributed by atoms with Crippen molar-refractivity contribution in [2.75, 3.05) is 7.11 Å². The molecule has 0 bridgehead atoms. The van der Waals surface area contributed by atoms with E-state index in [0.29, 0.717) is 9.50 Å². The number of benzene rings is 2. The van der Waals surface area contributed by atoms with Gasteiger partial charge in [0.05, 0.1) is 7.11 Å². The van der Waals surface area contributed by atoms with Crippen LogP contribution in [-0.2, 0) is 10.0 Å². The quantitative estimate of drug-likeness (QED) is 0.814. The summed E-state index contributed by atoms with van der Waals surface area (Å²) in [6, 6.07) is 11.5. The predicted octanol–water partition coefficient (Wildman–Crippen LogP) is 4.15. The molecule has 0 aliphatic rings. The first kappa shape index (κ1) is 17.3. The van der Waals surface area contributed by atoms with Crippen LogP contribution in [0.5, 0.6) is 5.75 Å². The molecular formula is C15H15BrClNO3S. The van der Waals surface area contributed by atoms with Crippen LogP contribution in [0.4, 0.5) is 0 Å². The maximum Gasteiger partial charge on any atom is 0.244 e. The maximum atomic E-state index is 12.6. The van der Waals surface area contributed by atoms with E-state index in [-0.39, 0.29) is 10.6 Å². The van der Waals surface area contributed by atoms with Crippen LogP contribution >= 0.6 is 27.5 Å². The Bertz CT molecular complexity index is 780. The Kier molecular flexibility index (Phi) is 5.50. The molecule has 22 heavy (non-hydrogen) atoms. The van der Waals surface area contributed by atoms with E-state index in [2.05, 4.69) is 20.7 Å². The summed E-state index contributed by atoms with van der Waals surface area (Å²) in [6.07, 6.45) is 0. The second-order valence-corrected chi connectivity index (χ2v) is 7.73. The van der Waals surface area contributed by atoms with Gasteiger partial charge in [-0.2, -0.15) is 0 Å². The summed E-state index contributed by atoms with van der Waals surface area (Å²) in [4.78, 5) is 0.0817. The summed E-state index contributed by atoms with van der Waals surface area (Å²) >= 11 is 9.22. The van der Waals surface area contributed by atoms with E-state index in [1.165, 1.54) is 13.2 Å². The van der Waals surface area contributed by atoms with Gasteiger partial charge in [0.15, 0.2) is 0 Å². The van der Waals surface area contributed by atoms with E-state index < -0.39 is 16.1 Å². The molecule has 2 aromatic carbocycles. The van der Waals surface area contributed by atoms with Crippen molar-refractivity contribution in [3.8, 4) is 5.75 Å². The average Bonchev–Trinajstić information content (AvgIpc) is 2.46. The van der Waals surface area contributed by atoms with Crippen molar-refractivity contribution in [2.24, 2.45) is 0 Å². The number of sulfonamides is 1. The normalized spacial score (nSPS) is 12.9. The molecule has 0 saturated carbocycles. The van der Waals surface area contributed by atoms with Crippen molar-refractivity contribution >= 4 is 37.6 Å². The summed E-state index contributed by atoms with van der Waals surface area (Å²) < 4.78 is 33.6. The van der Waals surface area contributed by atoms with Gasteiger partial charge < -0.3 is 4.74 Å². The van der Waals surface area contributed by atoms with E-state index >= 15 is 0 Å². The lowest BCUT2D eigenvalue weighted by Crippen LogP contribution is -2.27. The molecule has 2 rings (SSSR count). The number of halogens is 2. The van der Waals surface area contributed by atoms with Crippen LogP contribution in [0.1, 0.15) is 18.5 Å². The maximum absolute atomic E-state index is 12.6. The molecule has 0 fully saturated rings. The minimum absolute atomic E-state index is 0.0817. The molecule has 7 heteroatoms. The third-order valence-electron chi connectivity index (χ3n) is 3.10. The highest BCUT2D eigenvalue weighted by Crippen LogP contribution is 2.28. The summed E-state index contributed by atoms with van der Waals surface area (Å²) in [6.45, 7) is 1.76. The van der Waals surface area contributed by atoms with Gasteiger partial charge in [-0.1, -0.05) is 39.7 Å². The van der Waals surface area contributed by atoms with E-state index in [9.17, 15) is 8.42 Å². The highest BCUT2D eigenvalue weighted by atomic mass is 79.9. The zero-order chi connectivity index (χ0) is 16.3. The molecule has 4 nitrogen and oxygen atoms in total. The van der Waals surface area contributed by atoms with Crippen LogP contribution in [-0.4, -0.2) is 15.5 Å². The topological polar surface area (TPSA) is 55.4 Å². The van der Waals surface area contributed by atoms with E-state index in [0.717, 1.165) is 5.56 Å². The fraction of sp³-hybridized carbons (Fsp3) is 0.200. The van der Waals surface area contributed by atoms with Crippen molar-refractivity contribution in [1.29, 1.82) is 0 Å². The Balaban J connectivity index is 2.33. The van der Waals surface area contributed by atoms with Crippen molar-refractivity contribution in [3.05, 3.63) is 57.5 Å². The molecule has 0 amide bonds. The number of methoxy groups -OCH3 is 1. The monoisotopic (exact) mass is 403 g/mol. The van der Waals surface area contributed by atoms with E-state index in [4.69, 9.17) is 16.3 Å². The van der Waals surface area contributed by atoms with Crippen LogP contribution in [0, 0.1) is 0 Å². The molecule has 0 spiro atoms. The number of ether oxygens (including phenoxy) is 1. The van der Waals surface area contributed by atoms with Gasteiger partial charge in [-0.3, -0.25) is 0 Å². The van der Waals surface area contributed by atoms with E-state index in [1.54, 1.807) is 37.3 Å². The molecule has 1 atom stereocenters. The highest BCUT2D eigenvalue weighted by Gasteiger charge is 2.22. The fourth-order valence-electron chi connectivity index (χ4n) is 2.00. The molecule has 0 aromatic heterocycles. The molecule has 118 valence electrons. The Morgan fingerprint density at radius 1 is 1.23 bits per heavy atom. The van der Waals surface area contributed by atoms with Gasteiger partial charge >= 0.3 is 0 Å². The summed E-state index contributed by atoms with van der Waals surface area (Å²) in [7, 11) is -2.30. The third kappa shape index (κ3) is 4.01. The lowest BCUT2D eigenvalue weighted by molar-refractivity contribution is 0.402. The fourth-order valence-corrected chi connectivity index (χ4v) is 4.14. The van der Waals surface area contributed by atoms with Gasteiger partial charge in [0.25, 0.3) is 0 Å². The second-order valence-electron chi connectivity index (χ2n) is 4.69. The predicted molar refractivity (Wildman–Crippen MR) is 90.9 cm³/mol. The minimum atomic E-state index is -3.73. The third-order valence-corrected chi connectivity index (χ3v) is 5.39. The van der Waals surface area contributed by atoms with Gasteiger partial charge in [-0.15, -0.1) is 0 Å². The van der Waals surface area contributed by atoms with Crippen LogP contribution in [0.3, 0.4) is 0 Å². The summed E-state index contributed by atoms with van der Waals surface area (Å²) in [5, 5.41) is 0.559. The van der Waals surface area contributed by atoms with Crippen LogP contribution < -0.4 is 9.46 Å². The van der Waals surface area contributed by atoms with Gasteiger partial charge in [0.2, 0.25) is 10.0 Å². The van der Waals surface area contributed by atoms with Crippen LogP contribution in [0.25, 0.3) is 0 Å². The molecule has 0 saturated heterocycles. The van der Waals surface area contributed by atoms with E-state index in [1.807, 2.05) is 6.07 Å². The van der Waals surface area contributed by atoms with Gasteiger partial charge in [0, 0.05) is 15.5 Å². The number of hydrogen-bond donors (Lipinski definition) is 1. The zero-order valence-corrected chi connectivity index (χ0v) is 15.2. The molecule has 2 aromatic rings. The summed E-state index contributed by atoms with van der Waals surface area (Å²) in [5.41, 5.74) is 0.782. The molecule has 0 aliphatic carbocycles. The molecular weight excluding hydrogens is 390 g/mol. The molecule has 1 unspecified atom stereocenters. The SMILES string of the molecule is COc1ccc(Br)cc1S(=O)(=O)NC(C)c1cccc(Cl)c1. The van der Waals surface area contributed by atoms with Gasteiger partial charge in [0.1, 0.15) is 10.6 Å². The number of nitrogens with one attached hydrogen (secondary N) is 1. The average molecular weight is 405 g/mol. The molecule has 0 radical (unpaired) electrons.